The Morgan fingerprint density at radius 3 is 1.27 bits per heavy atom. The van der Waals surface area contributed by atoms with E-state index in [-0.39, 0.29) is 0 Å². The van der Waals surface area contributed by atoms with Gasteiger partial charge in [-0.2, -0.15) is 0 Å². The van der Waals surface area contributed by atoms with Crippen molar-refractivity contribution in [2.45, 2.75) is 27.7 Å². The number of fused-ring (bicyclic) bond motifs is 3. The molecule has 0 bridgehead atoms. The van der Waals surface area contributed by atoms with Gasteiger partial charge in [-0.1, -0.05) is 12.1 Å². The van der Waals surface area contributed by atoms with Crippen molar-refractivity contribution >= 4 is 21.8 Å². The first-order chi connectivity index (χ1) is 14.5. The van der Waals surface area contributed by atoms with E-state index in [1.54, 1.807) is 0 Å². The Kier molecular flexibility index (Phi) is 5.48. The molecule has 0 saturated heterocycles. The van der Waals surface area contributed by atoms with Gasteiger partial charge in [0.1, 0.15) is 0 Å². The first kappa shape index (κ1) is 19.6. The van der Waals surface area contributed by atoms with Gasteiger partial charge in [-0.3, -0.25) is 19.9 Å². The molecule has 4 heteroatoms. The van der Waals surface area contributed by atoms with Gasteiger partial charge >= 0.3 is 0 Å². The highest BCUT2D eigenvalue weighted by Crippen LogP contribution is 2.25. The van der Waals surface area contributed by atoms with Crippen LogP contribution < -0.4 is 0 Å². The van der Waals surface area contributed by atoms with E-state index in [2.05, 4.69) is 59.8 Å². The molecule has 0 atom stereocenters. The molecule has 4 aromatic heterocycles. The Balaban J connectivity index is 0.000000147. The smallest absolute Gasteiger partial charge is 0.0967 e. The van der Waals surface area contributed by atoms with Gasteiger partial charge in [0.15, 0.2) is 0 Å². The van der Waals surface area contributed by atoms with E-state index < -0.39 is 0 Å². The standard InChI is InChI=1S/C14H12N2.C12H12N2/c1-9-5-7-15-13-11(9)3-4-12-10(2)6-8-16-14(12)13;1-9-3-5-13-11(7-9)12-8-10(2)4-6-14-12/h3-8H,1-2H3;3-8H,1-2H3. The molecule has 0 aliphatic carbocycles. The minimum absolute atomic E-state index is 0.939. The van der Waals surface area contributed by atoms with Crippen molar-refractivity contribution < 1.29 is 0 Å². The molecular formula is C26H24N4. The third-order valence-corrected chi connectivity index (χ3v) is 5.15. The zero-order valence-corrected chi connectivity index (χ0v) is 17.7. The van der Waals surface area contributed by atoms with Crippen LogP contribution in [0.2, 0.25) is 0 Å². The van der Waals surface area contributed by atoms with Crippen LogP contribution in [0, 0.1) is 27.7 Å². The van der Waals surface area contributed by atoms with Crippen LogP contribution in [0.3, 0.4) is 0 Å². The Hall–Kier alpha value is -3.66. The lowest BCUT2D eigenvalue weighted by atomic mass is 10.0. The van der Waals surface area contributed by atoms with Gasteiger partial charge in [0.05, 0.1) is 22.4 Å². The van der Waals surface area contributed by atoms with Crippen LogP contribution >= 0.6 is 0 Å². The van der Waals surface area contributed by atoms with Crippen molar-refractivity contribution in [2.75, 3.05) is 0 Å². The van der Waals surface area contributed by atoms with E-state index in [1.165, 1.54) is 33.0 Å². The van der Waals surface area contributed by atoms with Crippen molar-refractivity contribution in [3.05, 3.63) is 95.6 Å². The highest BCUT2D eigenvalue weighted by molar-refractivity contribution is 6.04. The summed E-state index contributed by atoms with van der Waals surface area (Å²) in [6.07, 6.45) is 7.32. The van der Waals surface area contributed by atoms with Crippen LogP contribution in [0.4, 0.5) is 0 Å². The van der Waals surface area contributed by atoms with Crippen LogP contribution in [0.15, 0.2) is 73.3 Å². The van der Waals surface area contributed by atoms with E-state index in [1.807, 2.05) is 61.2 Å². The van der Waals surface area contributed by atoms with Crippen molar-refractivity contribution in [3.63, 3.8) is 0 Å². The zero-order chi connectivity index (χ0) is 21.1. The largest absolute Gasteiger partial charge is 0.255 e. The van der Waals surface area contributed by atoms with Crippen molar-refractivity contribution in [3.8, 4) is 11.4 Å². The molecule has 5 rings (SSSR count). The third kappa shape index (κ3) is 4.03. The lowest BCUT2D eigenvalue weighted by molar-refractivity contribution is 1.21. The summed E-state index contributed by atoms with van der Waals surface area (Å²) >= 11 is 0. The first-order valence-electron chi connectivity index (χ1n) is 9.98. The maximum absolute atomic E-state index is 4.45. The molecule has 0 aliphatic rings. The molecular weight excluding hydrogens is 368 g/mol. The summed E-state index contributed by atoms with van der Waals surface area (Å²) in [5, 5.41) is 2.38. The second kappa shape index (κ2) is 8.37. The summed E-state index contributed by atoms with van der Waals surface area (Å²) < 4.78 is 0. The van der Waals surface area contributed by atoms with E-state index in [0.29, 0.717) is 0 Å². The number of pyridine rings is 4. The summed E-state index contributed by atoms with van der Waals surface area (Å²) in [6, 6.07) is 16.4. The van der Waals surface area contributed by atoms with Crippen LogP contribution in [0.5, 0.6) is 0 Å². The Labute approximate surface area is 176 Å². The minimum Gasteiger partial charge on any atom is -0.255 e. The number of benzene rings is 1. The fourth-order valence-electron chi connectivity index (χ4n) is 3.46. The Bertz CT molecular complexity index is 1240. The van der Waals surface area contributed by atoms with Crippen LogP contribution in [-0.4, -0.2) is 19.9 Å². The molecule has 0 unspecified atom stereocenters. The fourth-order valence-corrected chi connectivity index (χ4v) is 3.46. The van der Waals surface area contributed by atoms with Gasteiger partial charge in [0.25, 0.3) is 0 Å². The first-order valence-corrected chi connectivity index (χ1v) is 9.98. The molecule has 4 nitrogen and oxygen atoms in total. The predicted molar refractivity (Wildman–Crippen MR) is 123 cm³/mol. The molecule has 148 valence electrons. The summed E-state index contributed by atoms with van der Waals surface area (Å²) in [5.41, 5.74) is 8.78. The molecule has 30 heavy (non-hydrogen) atoms. The maximum Gasteiger partial charge on any atom is 0.0967 e. The second-order valence-corrected chi connectivity index (χ2v) is 7.55. The molecule has 0 fully saturated rings. The molecule has 0 saturated carbocycles. The third-order valence-electron chi connectivity index (χ3n) is 5.15. The molecule has 0 radical (unpaired) electrons. The summed E-state index contributed by atoms with van der Waals surface area (Å²) in [5.74, 6) is 0. The molecule has 0 N–H and O–H groups in total. The lowest BCUT2D eigenvalue weighted by Crippen LogP contribution is -1.88. The van der Waals surface area contributed by atoms with E-state index in [9.17, 15) is 0 Å². The molecule has 5 aromatic rings. The predicted octanol–water partition coefficient (Wildman–Crippen LogP) is 6.16. The molecule has 0 spiro atoms. The summed E-state index contributed by atoms with van der Waals surface area (Å²) in [6.45, 7) is 8.32. The monoisotopic (exact) mass is 392 g/mol. The number of aromatic nitrogens is 4. The van der Waals surface area contributed by atoms with Crippen molar-refractivity contribution in [2.24, 2.45) is 0 Å². The fraction of sp³-hybridized carbons (Fsp3) is 0.154. The highest BCUT2D eigenvalue weighted by atomic mass is 14.8. The zero-order valence-electron chi connectivity index (χ0n) is 17.7. The van der Waals surface area contributed by atoms with Crippen molar-refractivity contribution in [1.29, 1.82) is 0 Å². The SMILES string of the molecule is Cc1ccnc(-c2cc(C)ccn2)c1.Cc1ccnc2c1ccc1c(C)ccnc12. The molecule has 1 aromatic carbocycles. The molecule has 0 amide bonds. The van der Waals surface area contributed by atoms with Crippen molar-refractivity contribution in [1.82, 2.24) is 19.9 Å². The van der Waals surface area contributed by atoms with E-state index >= 15 is 0 Å². The number of aryl methyl sites for hydroxylation is 4. The quantitative estimate of drug-likeness (QED) is 0.321. The lowest BCUT2D eigenvalue weighted by Gasteiger charge is -2.06. The highest BCUT2D eigenvalue weighted by Gasteiger charge is 2.05. The normalized spacial score (nSPS) is 10.7. The number of nitrogens with zero attached hydrogens (tertiary/aromatic N) is 4. The van der Waals surface area contributed by atoms with Gasteiger partial charge in [0, 0.05) is 35.6 Å². The number of hydrogen-bond acceptors (Lipinski definition) is 4. The van der Waals surface area contributed by atoms with Gasteiger partial charge < -0.3 is 0 Å². The Morgan fingerprint density at radius 2 is 0.867 bits per heavy atom. The number of hydrogen-bond donors (Lipinski definition) is 0. The summed E-state index contributed by atoms with van der Waals surface area (Å²) in [4.78, 5) is 17.5. The van der Waals surface area contributed by atoms with Gasteiger partial charge in [-0.25, -0.2) is 0 Å². The molecule has 0 aliphatic heterocycles. The minimum atomic E-state index is 0.939. The van der Waals surface area contributed by atoms with Crippen LogP contribution in [-0.2, 0) is 0 Å². The van der Waals surface area contributed by atoms with Gasteiger partial charge in [-0.05, 0) is 86.3 Å². The average molecular weight is 393 g/mol. The average Bonchev–Trinajstić information content (AvgIpc) is 2.75. The Morgan fingerprint density at radius 1 is 0.467 bits per heavy atom. The summed E-state index contributed by atoms with van der Waals surface area (Å²) in [7, 11) is 0. The number of rotatable bonds is 1. The molecule has 4 heterocycles. The maximum atomic E-state index is 4.45. The topological polar surface area (TPSA) is 51.6 Å². The van der Waals surface area contributed by atoms with Gasteiger partial charge in [0.2, 0.25) is 0 Å². The second-order valence-electron chi connectivity index (χ2n) is 7.55. The van der Waals surface area contributed by atoms with Gasteiger partial charge in [-0.15, -0.1) is 0 Å². The van der Waals surface area contributed by atoms with E-state index in [0.717, 1.165) is 22.4 Å². The van der Waals surface area contributed by atoms with Crippen LogP contribution in [0.1, 0.15) is 22.3 Å². The van der Waals surface area contributed by atoms with Crippen LogP contribution in [0.25, 0.3) is 33.2 Å². The van der Waals surface area contributed by atoms with E-state index in [4.69, 9.17) is 0 Å².